The van der Waals surface area contributed by atoms with Crippen molar-refractivity contribution in [2.24, 2.45) is 0 Å². The van der Waals surface area contributed by atoms with Crippen LogP contribution in [0.3, 0.4) is 0 Å². The molecule has 0 aliphatic heterocycles. The van der Waals surface area contributed by atoms with Crippen molar-refractivity contribution in [1.29, 1.82) is 0 Å². The Kier molecular flexibility index (Phi) is 4.92. The van der Waals surface area contributed by atoms with Gasteiger partial charge in [0.05, 0.1) is 0 Å². The van der Waals surface area contributed by atoms with E-state index in [1.807, 2.05) is 19.1 Å². The van der Waals surface area contributed by atoms with Crippen LogP contribution in [-0.2, 0) is 9.59 Å². The Morgan fingerprint density at radius 2 is 1.79 bits per heavy atom. The minimum atomic E-state index is -1.00. The van der Waals surface area contributed by atoms with Gasteiger partial charge >= 0.3 is 5.97 Å². The van der Waals surface area contributed by atoms with Gasteiger partial charge in [-0.05, 0) is 30.5 Å². The fourth-order valence-electron chi connectivity index (χ4n) is 1.73. The molecule has 0 heterocycles. The summed E-state index contributed by atoms with van der Waals surface area (Å²) in [6.07, 6.45) is 0.276. The highest BCUT2D eigenvalue weighted by molar-refractivity contribution is 5.83. The van der Waals surface area contributed by atoms with Crippen LogP contribution in [0.15, 0.2) is 24.3 Å². The van der Waals surface area contributed by atoms with Gasteiger partial charge in [-0.1, -0.05) is 19.1 Å². The maximum atomic E-state index is 12.0. The minimum absolute atomic E-state index is 0.0246. The summed E-state index contributed by atoms with van der Waals surface area (Å²) in [6.45, 7) is 3.43. The Bertz CT molecular complexity index is 456. The zero-order valence-corrected chi connectivity index (χ0v) is 11.5. The van der Waals surface area contributed by atoms with Gasteiger partial charge in [-0.25, -0.2) is 4.79 Å². The topological polar surface area (TPSA) is 83.6 Å². The van der Waals surface area contributed by atoms with Crippen LogP contribution in [0, 0.1) is 0 Å². The van der Waals surface area contributed by atoms with Crippen LogP contribution in [0.1, 0.15) is 31.7 Å². The van der Waals surface area contributed by atoms with Crippen molar-refractivity contribution >= 4 is 17.6 Å². The van der Waals surface area contributed by atoms with E-state index < -0.39 is 12.0 Å². The molecule has 5 nitrogen and oxygen atoms in total. The zero-order valence-electron chi connectivity index (χ0n) is 11.5. The van der Waals surface area contributed by atoms with Crippen LogP contribution in [-0.4, -0.2) is 35.0 Å². The molecule has 0 bridgehead atoms. The number of carboxylic acid groups (broad SMARTS) is 1. The first kappa shape index (κ1) is 15.0. The molecule has 0 aliphatic carbocycles. The molecule has 0 saturated carbocycles. The van der Waals surface area contributed by atoms with Gasteiger partial charge in [-0.3, -0.25) is 4.79 Å². The first-order chi connectivity index (χ1) is 8.82. The average Bonchev–Trinajstić information content (AvgIpc) is 2.37. The second-order valence-corrected chi connectivity index (χ2v) is 4.79. The largest absolute Gasteiger partial charge is 0.480 e. The Morgan fingerprint density at radius 1 is 1.26 bits per heavy atom. The number of hydrogen-bond acceptors (Lipinski definition) is 3. The highest BCUT2D eigenvalue weighted by atomic mass is 16.4. The summed E-state index contributed by atoms with van der Waals surface area (Å²) in [7, 11) is 1.51. The smallest absolute Gasteiger partial charge is 0.326 e. The van der Waals surface area contributed by atoms with Crippen molar-refractivity contribution < 1.29 is 14.7 Å². The van der Waals surface area contributed by atoms with Crippen LogP contribution >= 0.6 is 0 Å². The maximum absolute atomic E-state index is 12.0. The van der Waals surface area contributed by atoms with Crippen molar-refractivity contribution in [2.45, 2.75) is 32.2 Å². The van der Waals surface area contributed by atoms with Gasteiger partial charge in [0.1, 0.15) is 6.04 Å². The van der Waals surface area contributed by atoms with E-state index in [0.29, 0.717) is 5.69 Å². The molecule has 0 radical (unpaired) electrons. The van der Waals surface area contributed by atoms with Gasteiger partial charge in [0.15, 0.2) is 0 Å². The van der Waals surface area contributed by atoms with Crippen molar-refractivity contribution in [3.63, 3.8) is 0 Å². The summed E-state index contributed by atoms with van der Waals surface area (Å²) in [5.41, 5.74) is 7.30. The Hall–Kier alpha value is -2.04. The zero-order chi connectivity index (χ0) is 14.6. The van der Waals surface area contributed by atoms with Gasteiger partial charge in [0.2, 0.25) is 5.91 Å². The third kappa shape index (κ3) is 3.98. The fraction of sp³-hybridized carbons (Fsp3) is 0.429. The minimum Gasteiger partial charge on any atom is -0.480 e. The number of carbonyl (C=O) groups excluding carboxylic acids is 1. The lowest BCUT2D eigenvalue weighted by molar-refractivity contribution is -0.148. The number of carboxylic acids is 1. The molecule has 0 aromatic heterocycles. The van der Waals surface area contributed by atoms with Crippen LogP contribution in [0.5, 0.6) is 0 Å². The molecule has 1 aromatic carbocycles. The molecular weight excluding hydrogens is 244 g/mol. The number of carbonyl (C=O) groups is 2. The third-order valence-electron chi connectivity index (χ3n) is 3.32. The molecule has 0 fully saturated rings. The number of nitrogens with zero attached hydrogens (tertiary/aromatic N) is 1. The second kappa shape index (κ2) is 6.22. The molecule has 5 heteroatoms. The van der Waals surface area contributed by atoms with Crippen LogP contribution < -0.4 is 5.73 Å². The van der Waals surface area contributed by atoms with E-state index in [4.69, 9.17) is 10.8 Å². The summed E-state index contributed by atoms with van der Waals surface area (Å²) in [5, 5.41) is 8.88. The number of benzene rings is 1. The predicted octanol–water partition coefficient (Wildman–Crippen LogP) is 1.69. The fourth-order valence-corrected chi connectivity index (χ4v) is 1.73. The molecule has 2 atom stereocenters. The summed E-state index contributed by atoms with van der Waals surface area (Å²) in [6, 6.07) is 6.54. The quantitative estimate of drug-likeness (QED) is 0.793. The lowest BCUT2D eigenvalue weighted by Gasteiger charge is -2.23. The van der Waals surface area contributed by atoms with E-state index in [9.17, 15) is 9.59 Å². The second-order valence-electron chi connectivity index (χ2n) is 4.79. The first-order valence-corrected chi connectivity index (χ1v) is 6.16. The van der Waals surface area contributed by atoms with Crippen LogP contribution in [0.4, 0.5) is 5.69 Å². The molecule has 0 saturated heterocycles. The summed E-state index contributed by atoms with van der Waals surface area (Å²) >= 11 is 0. The van der Waals surface area contributed by atoms with E-state index in [1.54, 1.807) is 12.1 Å². The number of nitrogens with two attached hydrogens (primary N) is 1. The number of rotatable bonds is 5. The maximum Gasteiger partial charge on any atom is 0.326 e. The van der Waals surface area contributed by atoms with Gasteiger partial charge in [0.25, 0.3) is 0 Å². The number of anilines is 1. The number of aliphatic carboxylic acids is 1. The van der Waals surface area contributed by atoms with E-state index >= 15 is 0 Å². The van der Waals surface area contributed by atoms with Crippen molar-refractivity contribution in [1.82, 2.24) is 4.90 Å². The van der Waals surface area contributed by atoms with Gasteiger partial charge in [-0.15, -0.1) is 0 Å². The monoisotopic (exact) mass is 264 g/mol. The van der Waals surface area contributed by atoms with Crippen LogP contribution in [0.2, 0.25) is 0 Å². The SMILES string of the molecule is CC(CC(=O)N(C)C(C)C(=O)O)c1ccc(N)cc1. The molecular formula is C14H20N2O3. The van der Waals surface area contributed by atoms with E-state index in [1.165, 1.54) is 18.9 Å². The van der Waals surface area contributed by atoms with Gasteiger partial charge < -0.3 is 15.7 Å². The Morgan fingerprint density at radius 3 is 2.26 bits per heavy atom. The highest BCUT2D eigenvalue weighted by Crippen LogP contribution is 2.21. The standard InChI is InChI=1S/C14H20N2O3/c1-9(11-4-6-12(15)7-5-11)8-13(17)16(3)10(2)14(18)19/h4-7,9-10H,8,15H2,1-3H3,(H,18,19). The van der Waals surface area contributed by atoms with E-state index in [2.05, 4.69) is 0 Å². The normalized spacial score (nSPS) is 13.6. The van der Waals surface area contributed by atoms with Crippen molar-refractivity contribution in [2.75, 3.05) is 12.8 Å². The number of hydrogen-bond donors (Lipinski definition) is 2. The molecule has 19 heavy (non-hydrogen) atoms. The van der Waals surface area contributed by atoms with Crippen molar-refractivity contribution in [3.8, 4) is 0 Å². The van der Waals surface area contributed by atoms with Gasteiger partial charge in [0, 0.05) is 19.2 Å². The first-order valence-electron chi connectivity index (χ1n) is 6.16. The molecule has 1 aromatic rings. The molecule has 3 N–H and O–H groups in total. The lowest BCUT2D eigenvalue weighted by Crippen LogP contribution is -2.40. The van der Waals surface area contributed by atoms with Crippen LogP contribution in [0.25, 0.3) is 0 Å². The molecule has 2 unspecified atom stereocenters. The van der Waals surface area contributed by atoms with Crippen molar-refractivity contribution in [3.05, 3.63) is 29.8 Å². The average molecular weight is 264 g/mol. The third-order valence-corrected chi connectivity index (χ3v) is 3.32. The Balaban J connectivity index is 2.66. The Labute approximate surface area is 113 Å². The highest BCUT2D eigenvalue weighted by Gasteiger charge is 2.23. The van der Waals surface area contributed by atoms with Gasteiger partial charge in [-0.2, -0.15) is 0 Å². The molecule has 1 rings (SSSR count). The molecule has 0 aliphatic rings. The molecule has 0 spiro atoms. The number of amides is 1. The number of likely N-dealkylation sites (N-methyl/N-ethyl adjacent to an activating group) is 1. The summed E-state index contributed by atoms with van der Waals surface area (Å²) in [5.74, 6) is -1.16. The molecule has 1 amide bonds. The summed E-state index contributed by atoms with van der Waals surface area (Å²) in [4.78, 5) is 24.1. The van der Waals surface area contributed by atoms with E-state index in [-0.39, 0.29) is 18.2 Å². The van der Waals surface area contributed by atoms with E-state index in [0.717, 1.165) is 5.56 Å². The lowest BCUT2D eigenvalue weighted by atomic mass is 9.97. The summed E-state index contributed by atoms with van der Waals surface area (Å²) < 4.78 is 0. The molecule has 104 valence electrons. The predicted molar refractivity (Wildman–Crippen MR) is 73.8 cm³/mol. The number of nitrogen functional groups attached to an aromatic ring is 1.